The summed E-state index contributed by atoms with van der Waals surface area (Å²) in [7, 11) is 0. The Morgan fingerprint density at radius 1 is 1.15 bits per heavy atom. The van der Waals surface area contributed by atoms with Crippen LogP contribution in [0.25, 0.3) is 0 Å². The molecule has 3 amide bonds. The van der Waals surface area contributed by atoms with Gasteiger partial charge in [-0.2, -0.15) is 0 Å². The SMILES string of the molecule is CCCC1CCCC(N2C(=O)c3ccccc3C2=O)C(=O)N1C(C)C(=O)O. The fourth-order valence-electron chi connectivity index (χ4n) is 4.13. The van der Waals surface area contributed by atoms with Crippen LogP contribution >= 0.6 is 0 Å². The highest BCUT2D eigenvalue weighted by atomic mass is 16.4. The van der Waals surface area contributed by atoms with Gasteiger partial charge >= 0.3 is 5.97 Å². The third kappa shape index (κ3) is 3.22. The number of aliphatic carboxylic acids is 1. The molecule has 0 saturated carbocycles. The minimum atomic E-state index is -1.09. The summed E-state index contributed by atoms with van der Waals surface area (Å²) in [5.41, 5.74) is 0.588. The van der Waals surface area contributed by atoms with Crippen LogP contribution < -0.4 is 0 Å². The van der Waals surface area contributed by atoms with Crippen LogP contribution in [0.2, 0.25) is 0 Å². The van der Waals surface area contributed by atoms with Crippen molar-refractivity contribution in [2.24, 2.45) is 0 Å². The average Bonchev–Trinajstić information content (AvgIpc) is 2.79. The van der Waals surface area contributed by atoms with Gasteiger partial charge in [-0.25, -0.2) is 4.79 Å². The maximum absolute atomic E-state index is 13.3. The summed E-state index contributed by atoms with van der Waals surface area (Å²) in [5.74, 6) is -2.50. The smallest absolute Gasteiger partial charge is 0.326 e. The number of fused-ring (bicyclic) bond motifs is 1. The first-order valence-corrected chi connectivity index (χ1v) is 9.40. The molecule has 0 radical (unpaired) electrons. The van der Waals surface area contributed by atoms with Crippen molar-refractivity contribution in [3.63, 3.8) is 0 Å². The molecule has 3 rings (SSSR count). The molecule has 7 nitrogen and oxygen atoms in total. The zero-order valence-electron chi connectivity index (χ0n) is 15.6. The van der Waals surface area contributed by atoms with Crippen molar-refractivity contribution >= 4 is 23.7 Å². The Kier molecular flexibility index (Phi) is 5.30. The molecule has 27 heavy (non-hydrogen) atoms. The van der Waals surface area contributed by atoms with Gasteiger partial charge in [-0.3, -0.25) is 19.3 Å². The number of nitrogens with zero attached hydrogens (tertiary/aromatic N) is 2. The summed E-state index contributed by atoms with van der Waals surface area (Å²) >= 11 is 0. The predicted octanol–water partition coefficient (Wildman–Crippen LogP) is 2.31. The Hall–Kier alpha value is -2.70. The molecule has 0 spiro atoms. The van der Waals surface area contributed by atoms with E-state index in [1.54, 1.807) is 24.3 Å². The van der Waals surface area contributed by atoms with Gasteiger partial charge in [0.25, 0.3) is 11.8 Å². The van der Waals surface area contributed by atoms with Crippen LogP contribution in [0, 0.1) is 0 Å². The van der Waals surface area contributed by atoms with E-state index in [1.807, 2.05) is 6.92 Å². The highest BCUT2D eigenvalue weighted by Gasteiger charge is 2.47. The lowest BCUT2D eigenvalue weighted by molar-refractivity contribution is -0.153. The number of carbonyl (C=O) groups is 4. The summed E-state index contributed by atoms with van der Waals surface area (Å²) in [4.78, 5) is 52.9. The molecule has 144 valence electrons. The van der Waals surface area contributed by atoms with Crippen molar-refractivity contribution in [1.82, 2.24) is 9.80 Å². The lowest BCUT2D eigenvalue weighted by Gasteiger charge is -2.36. The molecule has 1 aromatic carbocycles. The lowest BCUT2D eigenvalue weighted by Crippen LogP contribution is -2.56. The Morgan fingerprint density at radius 2 is 1.74 bits per heavy atom. The second kappa shape index (κ2) is 7.50. The molecular formula is C20H24N2O5. The molecule has 0 bridgehead atoms. The Balaban J connectivity index is 1.97. The summed E-state index contributed by atoms with van der Waals surface area (Å²) in [6, 6.07) is 4.35. The second-order valence-electron chi connectivity index (χ2n) is 7.17. The van der Waals surface area contributed by atoms with E-state index in [0.29, 0.717) is 36.8 Å². The predicted molar refractivity (Wildman–Crippen MR) is 97.2 cm³/mol. The Bertz CT molecular complexity index is 755. The summed E-state index contributed by atoms with van der Waals surface area (Å²) < 4.78 is 0. The standard InChI is InChI=1S/C20H24N2O5/c1-3-7-13-8-6-11-16(19(25)21(13)12(2)20(26)27)22-17(23)14-9-4-5-10-15(14)18(22)24/h4-5,9-10,12-13,16H,3,6-8,11H2,1-2H3,(H,26,27). The molecule has 1 fully saturated rings. The summed E-state index contributed by atoms with van der Waals surface area (Å²) in [6.07, 6.45) is 3.18. The molecule has 0 aromatic heterocycles. The van der Waals surface area contributed by atoms with Crippen LogP contribution in [0.15, 0.2) is 24.3 Å². The van der Waals surface area contributed by atoms with Gasteiger partial charge in [-0.05, 0) is 44.7 Å². The lowest BCUT2D eigenvalue weighted by atomic mass is 10.0. The zero-order valence-corrected chi connectivity index (χ0v) is 15.6. The third-order valence-corrected chi connectivity index (χ3v) is 5.48. The minimum absolute atomic E-state index is 0.200. The fraction of sp³-hybridized carbons (Fsp3) is 0.500. The third-order valence-electron chi connectivity index (χ3n) is 5.48. The number of carbonyl (C=O) groups excluding carboxylic acids is 3. The highest BCUT2D eigenvalue weighted by molar-refractivity contribution is 6.22. The zero-order chi connectivity index (χ0) is 19.7. The molecule has 1 aromatic rings. The van der Waals surface area contributed by atoms with E-state index in [-0.39, 0.29) is 6.04 Å². The quantitative estimate of drug-likeness (QED) is 0.800. The summed E-state index contributed by atoms with van der Waals surface area (Å²) in [6.45, 7) is 3.47. The molecule has 7 heteroatoms. The van der Waals surface area contributed by atoms with E-state index in [1.165, 1.54) is 11.8 Å². The van der Waals surface area contributed by atoms with E-state index in [0.717, 1.165) is 11.3 Å². The van der Waals surface area contributed by atoms with E-state index in [4.69, 9.17) is 0 Å². The minimum Gasteiger partial charge on any atom is -0.480 e. The van der Waals surface area contributed by atoms with Gasteiger partial charge in [0.15, 0.2) is 0 Å². The number of hydrogen-bond donors (Lipinski definition) is 1. The molecule has 0 aliphatic carbocycles. The molecule has 2 heterocycles. The largest absolute Gasteiger partial charge is 0.480 e. The Morgan fingerprint density at radius 3 is 2.26 bits per heavy atom. The number of likely N-dealkylation sites (tertiary alicyclic amines) is 1. The van der Waals surface area contributed by atoms with Crippen molar-refractivity contribution in [3.05, 3.63) is 35.4 Å². The van der Waals surface area contributed by atoms with Gasteiger partial charge in [-0.15, -0.1) is 0 Å². The maximum atomic E-state index is 13.3. The van der Waals surface area contributed by atoms with Crippen molar-refractivity contribution < 1.29 is 24.3 Å². The second-order valence-corrected chi connectivity index (χ2v) is 7.17. The van der Waals surface area contributed by atoms with Crippen molar-refractivity contribution in [2.75, 3.05) is 0 Å². The molecule has 2 aliphatic rings. The molecule has 3 unspecified atom stereocenters. The van der Waals surface area contributed by atoms with Gasteiger partial charge in [0.05, 0.1) is 11.1 Å². The normalized spacial score (nSPS) is 24.0. The van der Waals surface area contributed by atoms with E-state index in [9.17, 15) is 24.3 Å². The van der Waals surface area contributed by atoms with Crippen LogP contribution in [0.4, 0.5) is 0 Å². The average molecular weight is 372 g/mol. The van der Waals surface area contributed by atoms with Crippen LogP contribution in [0.1, 0.15) is 66.7 Å². The number of hydrogen-bond acceptors (Lipinski definition) is 4. The number of carboxylic acids is 1. The van der Waals surface area contributed by atoms with E-state index in [2.05, 4.69) is 0 Å². The van der Waals surface area contributed by atoms with Crippen LogP contribution in [-0.2, 0) is 9.59 Å². The maximum Gasteiger partial charge on any atom is 0.326 e. The molecule has 2 aliphatic heterocycles. The first-order valence-electron chi connectivity index (χ1n) is 9.40. The van der Waals surface area contributed by atoms with Gasteiger partial charge in [-0.1, -0.05) is 25.5 Å². The van der Waals surface area contributed by atoms with Crippen LogP contribution in [-0.4, -0.2) is 56.7 Å². The first kappa shape index (κ1) is 19.1. The molecule has 1 N–H and O–H groups in total. The van der Waals surface area contributed by atoms with Gasteiger partial charge in [0.1, 0.15) is 12.1 Å². The Labute approximate surface area is 157 Å². The van der Waals surface area contributed by atoms with Crippen molar-refractivity contribution in [2.45, 2.75) is 64.1 Å². The highest BCUT2D eigenvalue weighted by Crippen LogP contribution is 2.31. The van der Waals surface area contributed by atoms with Crippen LogP contribution in [0.3, 0.4) is 0 Å². The van der Waals surface area contributed by atoms with Gasteiger partial charge < -0.3 is 10.0 Å². The molecule has 1 saturated heterocycles. The van der Waals surface area contributed by atoms with Crippen LogP contribution in [0.5, 0.6) is 0 Å². The topological polar surface area (TPSA) is 95.0 Å². The van der Waals surface area contributed by atoms with Crippen molar-refractivity contribution in [3.8, 4) is 0 Å². The first-order chi connectivity index (χ1) is 12.9. The fourth-order valence-corrected chi connectivity index (χ4v) is 4.13. The van der Waals surface area contributed by atoms with E-state index >= 15 is 0 Å². The monoisotopic (exact) mass is 372 g/mol. The van der Waals surface area contributed by atoms with Gasteiger partial charge in [0, 0.05) is 6.04 Å². The number of carboxylic acid groups (broad SMARTS) is 1. The van der Waals surface area contributed by atoms with E-state index < -0.39 is 35.8 Å². The molecule has 3 atom stereocenters. The summed E-state index contributed by atoms with van der Waals surface area (Å²) in [5, 5.41) is 9.49. The number of amides is 3. The van der Waals surface area contributed by atoms with Gasteiger partial charge in [0.2, 0.25) is 5.91 Å². The number of imide groups is 1. The number of benzene rings is 1. The molecular weight excluding hydrogens is 348 g/mol. The number of rotatable bonds is 5. The van der Waals surface area contributed by atoms with Crippen molar-refractivity contribution in [1.29, 1.82) is 0 Å².